The van der Waals surface area contributed by atoms with Crippen molar-refractivity contribution in [1.29, 1.82) is 0 Å². The number of hydrogen-bond donors (Lipinski definition) is 2. The molecule has 18 heavy (non-hydrogen) atoms. The van der Waals surface area contributed by atoms with Crippen LogP contribution in [0.4, 0.5) is 4.79 Å². The van der Waals surface area contributed by atoms with Crippen molar-refractivity contribution >= 4 is 6.09 Å². The Labute approximate surface area is 106 Å². The highest BCUT2D eigenvalue weighted by Gasteiger charge is 2.34. The summed E-state index contributed by atoms with van der Waals surface area (Å²) in [7, 11) is 0. The highest BCUT2D eigenvalue weighted by Crippen LogP contribution is 2.18. The van der Waals surface area contributed by atoms with Crippen LogP contribution in [0.3, 0.4) is 0 Å². The molecule has 1 amide bonds. The van der Waals surface area contributed by atoms with Crippen LogP contribution >= 0.6 is 0 Å². The maximum atomic E-state index is 11.8. The molecular weight excluding hydrogens is 234 g/mol. The Morgan fingerprint density at radius 1 is 1.39 bits per heavy atom. The SMILES string of the molecule is O=C(OCc1ccccc1)N1CC(O)C[C@H]1CO. The van der Waals surface area contributed by atoms with Crippen LogP contribution < -0.4 is 0 Å². The third-order valence-corrected chi connectivity index (χ3v) is 3.04. The monoisotopic (exact) mass is 251 g/mol. The second-order valence-corrected chi connectivity index (χ2v) is 4.42. The average Bonchev–Trinajstić information content (AvgIpc) is 2.78. The van der Waals surface area contributed by atoms with Crippen molar-refractivity contribution in [3.8, 4) is 0 Å². The summed E-state index contributed by atoms with van der Waals surface area (Å²) in [5.41, 5.74) is 0.908. The number of carbonyl (C=O) groups is 1. The predicted molar refractivity (Wildman–Crippen MR) is 64.8 cm³/mol. The first-order valence-corrected chi connectivity index (χ1v) is 5.97. The standard InChI is InChI=1S/C13H17NO4/c15-8-11-6-12(16)7-14(11)13(17)18-9-10-4-2-1-3-5-10/h1-5,11-12,15-16H,6-9H2/t11-,12?/m0/s1. The lowest BCUT2D eigenvalue weighted by atomic mass is 10.2. The second-order valence-electron chi connectivity index (χ2n) is 4.42. The molecule has 1 aliphatic heterocycles. The number of amides is 1. The Morgan fingerprint density at radius 3 is 2.78 bits per heavy atom. The molecule has 0 radical (unpaired) electrons. The lowest BCUT2D eigenvalue weighted by Crippen LogP contribution is -2.38. The van der Waals surface area contributed by atoms with Gasteiger partial charge in [0.15, 0.2) is 0 Å². The van der Waals surface area contributed by atoms with Gasteiger partial charge in [-0.15, -0.1) is 0 Å². The summed E-state index contributed by atoms with van der Waals surface area (Å²) in [6.07, 6.45) is -0.669. The van der Waals surface area contributed by atoms with Gasteiger partial charge in [-0.05, 0) is 12.0 Å². The number of aliphatic hydroxyl groups is 2. The van der Waals surface area contributed by atoms with Gasteiger partial charge in [0.25, 0.3) is 0 Å². The zero-order valence-electron chi connectivity index (χ0n) is 10.0. The molecule has 1 fully saturated rings. The number of nitrogens with zero attached hydrogens (tertiary/aromatic N) is 1. The minimum atomic E-state index is -0.577. The first kappa shape index (κ1) is 12.9. The summed E-state index contributed by atoms with van der Waals surface area (Å²) in [6, 6.07) is 9.04. The molecule has 0 aliphatic carbocycles. The number of carbonyl (C=O) groups excluding carboxylic acids is 1. The van der Waals surface area contributed by atoms with Crippen LogP contribution in [-0.2, 0) is 11.3 Å². The van der Waals surface area contributed by atoms with E-state index in [4.69, 9.17) is 9.84 Å². The molecule has 1 saturated heterocycles. The molecule has 2 atom stereocenters. The molecule has 2 rings (SSSR count). The topological polar surface area (TPSA) is 70.0 Å². The summed E-state index contributed by atoms with van der Waals surface area (Å²) in [4.78, 5) is 13.2. The van der Waals surface area contributed by atoms with Gasteiger partial charge in [-0.2, -0.15) is 0 Å². The smallest absolute Gasteiger partial charge is 0.410 e. The molecule has 1 aliphatic rings. The minimum Gasteiger partial charge on any atom is -0.445 e. The maximum Gasteiger partial charge on any atom is 0.410 e. The summed E-state index contributed by atoms with van der Waals surface area (Å²) in [5.74, 6) is 0. The molecule has 0 bridgehead atoms. The Balaban J connectivity index is 1.88. The Morgan fingerprint density at radius 2 is 2.11 bits per heavy atom. The number of hydrogen-bond acceptors (Lipinski definition) is 4. The first-order valence-electron chi connectivity index (χ1n) is 5.97. The van der Waals surface area contributed by atoms with Gasteiger partial charge in [0.1, 0.15) is 6.61 Å². The summed E-state index contributed by atoms with van der Waals surface area (Å²) in [6.45, 7) is 0.265. The van der Waals surface area contributed by atoms with Crippen molar-refractivity contribution in [2.45, 2.75) is 25.2 Å². The van der Waals surface area contributed by atoms with E-state index in [9.17, 15) is 9.90 Å². The molecule has 1 unspecified atom stereocenters. The zero-order valence-corrected chi connectivity index (χ0v) is 10.0. The number of benzene rings is 1. The zero-order chi connectivity index (χ0) is 13.0. The lowest BCUT2D eigenvalue weighted by molar-refractivity contribution is 0.0772. The number of aliphatic hydroxyl groups excluding tert-OH is 2. The molecule has 2 N–H and O–H groups in total. The van der Waals surface area contributed by atoms with Crippen LogP contribution in [0.25, 0.3) is 0 Å². The average molecular weight is 251 g/mol. The molecule has 5 nitrogen and oxygen atoms in total. The van der Waals surface area contributed by atoms with E-state index >= 15 is 0 Å². The number of β-amino-alcohol motifs (C(OH)–C–C–N with tert-alkyl or cyclic N) is 1. The maximum absolute atomic E-state index is 11.8. The third-order valence-electron chi connectivity index (χ3n) is 3.04. The number of ether oxygens (including phenoxy) is 1. The van der Waals surface area contributed by atoms with Gasteiger partial charge in [0.05, 0.1) is 25.3 Å². The van der Waals surface area contributed by atoms with Crippen molar-refractivity contribution in [2.24, 2.45) is 0 Å². The molecule has 0 saturated carbocycles. The first-order chi connectivity index (χ1) is 8.70. The minimum absolute atomic E-state index is 0.155. The molecule has 5 heteroatoms. The van der Waals surface area contributed by atoms with E-state index in [0.717, 1.165) is 5.56 Å². The molecular formula is C13H17NO4. The normalized spacial score (nSPS) is 23.1. The van der Waals surface area contributed by atoms with Gasteiger partial charge in [0.2, 0.25) is 0 Å². The third kappa shape index (κ3) is 3.00. The van der Waals surface area contributed by atoms with E-state index in [2.05, 4.69) is 0 Å². The van der Waals surface area contributed by atoms with Gasteiger partial charge in [-0.3, -0.25) is 0 Å². The van der Waals surface area contributed by atoms with Crippen LogP contribution in [0.5, 0.6) is 0 Å². The van der Waals surface area contributed by atoms with E-state index in [0.29, 0.717) is 6.42 Å². The van der Waals surface area contributed by atoms with E-state index < -0.39 is 12.2 Å². The molecule has 1 aromatic rings. The Kier molecular flexibility index (Phi) is 4.17. The van der Waals surface area contributed by atoms with E-state index in [1.54, 1.807) is 0 Å². The fourth-order valence-corrected chi connectivity index (χ4v) is 2.09. The van der Waals surface area contributed by atoms with Gasteiger partial charge < -0.3 is 19.8 Å². The van der Waals surface area contributed by atoms with E-state index in [-0.39, 0.29) is 25.8 Å². The van der Waals surface area contributed by atoms with Crippen LogP contribution in [0.1, 0.15) is 12.0 Å². The molecule has 0 aromatic heterocycles. The van der Waals surface area contributed by atoms with Gasteiger partial charge >= 0.3 is 6.09 Å². The number of rotatable bonds is 3. The quantitative estimate of drug-likeness (QED) is 0.831. The van der Waals surface area contributed by atoms with Crippen molar-refractivity contribution < 1.29 is 19.7 Å². The van der Waals surface area contributed by atoms with Crippen LogP contribution in [0.2, 0.25) is 0 Å². The molecule has 1 aromatic carbocycles. The van der Waals surface area contributed by atoms with Gasteiger partial charge in [-0.1, -0.05) is 30.3 Å². The summed E-state index contributed by atoms with van der Waals surface area (Å²) >= 11 is 0. The Hall–Kier alpha value is -1.59. The second kappa shape index (κ2) is 5.84. The summed E-state index contributed by atoms with van der Waals surface area (Å²) < 4.78 is 5.16. The molecule has 0 spiro atoms. The predicted octanol–water partition coefficient (Wildman–Crippen LogP) is 0.751. The van der Waals surface area contributed by atoms with Gasteiger partial charge in [-0.25, -0.2) is 4.79 Å². The fraction of sp³-hybridized carbons (Fsp3) is 0.462. The lowest BCUT2D eigenvalue weighted by Gasteiger charge is -2.21. The van der Waals surface area contributed by atoms with E-state index in [1.165, 1.54) is 4.90 Å². The number of likely N-dealkylation sites (tertiary alicyclic amines) is 1. The van der Waals surface area contributed by atoms with Crippen molar-refractivity contribution in [2.75, 3.05) is 13.2 Å². The van der Waals surface area contributed by atoms with Crippen LogP contribution in [0.15, 0.2) is 30.3 Å². The molecule has 1 heterocycles. The highest BCUT2D eigenvalue weighted by molar-refractivity contribution is 5.68. The molecule has 98 valence electrons. The van der Waals surface area contributed by atoms with Crippen LogP contribution in [0, 0.1) is 0 Å². The van der Waals surface area contributed by atoms with Crippen molar-refractivity contribution in [3.63, 3.8) is 0 Å². The van der Waals surface area contributed by atoms with Crippen molar-refractivity contribution in [3.05, 3.63) is 35.9 Å². The fourth-order valence-electron chi connectivity index (χ4n) is 2.09. The van der Waals surface area contributed by atoms with Crippen molar-refractivity contribution in [1.82, 2.24) is 4.90 Å². The van der Waals surface area contributed by atoms with Crippen LogP contribution in [-0.4, -0.2) is 46.5 Å². The van der Waals surface area contributed by atoms with E-state index in [1.807, 2.05) is 30.3 Å². The summed E-state index contributed by atoms with van der Waals surface area (Å²) in [5, 5.41) is 18.6. The van der Waals surface area contributed by atoms with Gasteiger partial charge in [0, 0.05) is 0 Å². The largest absolute Gasteiger partial charge is 0.445 e. The Bertz CT molecular complexity index is 395. The highest BCUT2D eigenvalue weighted by atomic mass is 16.6.